The highest BCUT2D eigenvalue weighted by Gasteiger charge is 2.53. The zero-order valence-corrected chi connectivity index (χ0v) is 17.2. The van der Waals surface area contributed by atoms with Gasteiger partial charge in [-0.05, 0) is 43.6 Å². The maximum Gasteiger partial charge on any atom is 0.225 e. The van der Waals surface area contributed by atoms with Crippen LogP contribution >= 0.6 is 0 Å². The van der Waals surface area contributed by atoms with Gasteiger partial charge < -0.3 is 20.9 Å². The molecular formula is C21H30N6O3. The van der Waals surface area contributed by atoms with Gasteiger partial charge in [-0.1, -0.05) is 0 Å². The minimum Gasteiger partial charge on any atom is -0.369 e. The second-order valence-corrected chi connectivity index (χ2v) is 8.60. The SMILES string of the molecule is NC(=O)[C@H]1[C@@H]2CC[C@@H](C2)[C@H]1C(=O)NCCCC(=O)N1CCN(c2ncccn2)CC1. The van der Waals surface area contributed by atoms with Gasteiger partial charge in [-0.3, -0.25) is 14.4 Å². The second-order valence-electron chi connectivity index (χ2n) is 8.60. The minimum atomic E-state index is -0.349. The topological polar surface area (TPSA) is 122 Å². The fraction of sp³-hybridized carbons (Fsp3) is 0.667. The molecule has 1 aromatic rings. The number of nitrogens with one attached hydrogen (secondary N) is 1. The number of carbonyl (C=O) groups is 3. The van der Waals surface area contributed by atoms with Gasteiger partial charge in [0.2, 0.25) is 23.7 Å². The molecule has 0 unspecified atom stereocenters. The van der Waals surface area contributed by atoms with Gasteiger partial charge in [0.25, 0.3) is 0 Å². The van der Waals surface area contributed by atoms with Crippen molar-refractivity contribution >= 4 is 23.7 Å². The fourth-order valence-corrected chi connectivity index (χ4v) is 5.42. The highest BCUT2D eigenvalue weighted by Crippen LogP contribution is 2.52. The number of carbonyl (C=O) groups excluding carboxylic acids is 3. The summed E-state index contributed by atoms with van der Waals surface area (Å²) < 4.78 is 0. The lowest BCUT2D eigenvalue weighted by atomic mass is 9.78. The predicted octanol–water partition coefficient (Wildman–Crippen LogP) is 0.169. The van der Waals surface area contributed by atoms with Crippen LogP contribution in [-0.4, -0.2) is 65.3 Å². The number of anilines is 1. The van der Waals surface area contributed by atoms with E-state index in [4.69, 9.17) is 5.73 Å². The molecule has 3 fully saturated rings. The normalized spacial score (nSPS) is 27.9. The molecule has 3 amide bonds. The molecule has 0 spiro atoms. The quantitative estimate of drug-likeness (QED) is 0.614. The molecule has 3 aliphatic rings. The third-order valence-electron chi connectivity index (χ3n) is 6.88. The zero-order valence-electron chi connectivity index (χ0n) is 17.2. The van der Waals surface area contributed by atoms with Gasteiger partial charge in [0.1, 0.15) is 0 Å². The molecule has 2 bridgehead atoms. The number of nitrogens with two attached hydrogens (primary N) is 1. The number of nitrogens with zero attached hydrogens (tertiary/aromatic N) is 4. The smallest absolute Gasteiger partial charge is 0.225 e. The number of hydrogen-bond acceptors (Lipinski definition) is 6. The Balaban J connectivity index is 1.17. The highest BCUT2D eigenvalue weighted by molar-refractivity contribution is 5.88. The summed E-state index contributed by atoms with van der Waals surface area (Å²) in [5.41, 5.74) is 5.56. The summed E-state index contributed by atoms with van der Waals surface area (Å²) in [6, 6.07) is 1.79. The van der Waals surface area contributed by atoms with E-state index in [1.165, 1.54) is 0 Å². The molecule has 162 valence electrons. The lowest BCUT2D eigenvalue weighted by Gasteiger charge is -2.34. The zero-order chi connectivity index (χ0) is 21.1. The number of piperazine rings is 1. The van der Waals surface area contributed by atoms with Crippen molar-refractivity contribution in [1.29, 1.82) is 0 Å². The average Bonchev–Trinajstić information content (AvgIpc) is 3.39. The van der Waals surface area contributed by atoms with E-state index in [0.717, 1.165) is 19.3 Å². The molecule has 4 rings (SSSR count). The van der Waals surface area contributed by atoms with Crippen molar-refractivity contribution in [1.82, 2.24) is 20.2 Å². The first-order valence-corrected chi connectivity index (χ1v) is 10.9. The van der Waals surface area contributed by atoms with Crippen molar-refractivity contribution in [2.45, 2.75) is 32.1 Å². The molecule has 9 heteroatoms. The van der Waals surface area contributed by atoms with E-state index < -0.39 is 0 Å². The molecule has 1 saturated heterocycles. The number of primary amides is 1. The van der Waals surface area contributed by atoms with Gasteiger partial charge in [0.05, 0.1) is 11.8 Å². The van der Waals surface area contributed by atoms with E-state index in [1.807, 2.05) is 4.90 Å². The summed E-state index contributed by atoms with van der Waals surface area (Å²) in [5.74, 6) is 0.312. The number of rotatable bonds is 7. The van der Waals surface area contributed by atoms with E-state index >= 15 is 0 Å². The van der Waals surface area contributed by atoms with Crippen LogP contribution in [0, 0.1) is 23.7 Å². The Morgan fingerprint density at radius 3 is 2.37 bits per heavy atom. The fourth-order valence-electron chi connectivity index (χ4n) is 5.42. The number of fused-ring (bicyclic) bond motifs is 2. The minimum absolute atomic E-state index is 0.0741. The van der Waals surface area contributed by atoms with Crippen LogP contribution in [0.25, 0.3) is 0 Å². The first-order valence-electron chi connectivity index (χ1n) is 10.9. The molecule has 1 aliphatic heterocycles. The molecule has 2 aliphatic carbocycles. The van der Waals surface area contributed by atoms with E-state index in [2.05, 4.69) is 20.2 Å². The second kappa shape index (κ2) is 8.97. The molecular weight excluding hydrogens is 384 g/mol. The Kier molecular flexibility index (Phi) is 6.15. The Morgan fingerprint density at radius 1 is 1.03 bits per heavy atom. The van der Waals surface area contributed by atoms with E-state index in [9.17, 15) is 14.4 Å². The molecule has 2 saturated carbocycles. The Labute approximate surface area is 176 Å². The van der Waals surface area contributed by atoms with Crippen molar-refractivity contribution in [2.24, 2.45) is 29.4 Å². The van der Waals surface area contributed by atoms with Gasteiger partial charge >= 0.3 is 0 Å². The summed E-state index contributed by atoms with van der Waals surface area (Å²) >= 11 is 0. The van der Waals surface area contributed by atoms with Gasteiger partial charge in [-0.2, -0.15) is 0 Å². The van der Waals surface area contributed by atoms with Crippen molar-refractivity contribution in [3.05, 3.63) is 18.5 Å². The standard InChI is InChI=1S/C21H30N6O3/c22-19(29)17-14-4-5-15(13-14)18(17)20(30)23-6-1-3-16(28)26-9-11-27(12-10-26)21-24-7-2-8-25-21/h2,7-8,14-15,17-18H,1,3-6,9-13H2,(H2,22,29)(H,23,30)/t14-,15+,17+,18-/m1/s1. The summed E-state index contributed by atoms with van der Waals surface area (Å²) in [5, 5.41) is 2.94. The van der Waals surface area contributed by atoms with Crippen molar-refractivity contribution in [3.63, 3.8) is 0 Å². The van der Waals surface area contributed by atoms with E-state index in [0.29, 0.717) is 51.5 Å². The maximum absolute atomic E-state index is 12.6. The van der Waals surface area contributed by atoms with Crippen LogP contribution in [0.4, 0.5) is 5.95 Å². The van der Waals surface area contributed by atoms with E-state index in [-0.39, 0.29) is 41.4 Å². The van der Waals surface area contributed by atoms with Crippen molar-refractivity contribution in [2.75, 3.05) is 37.6 Å². The molecule has 0 radical (unpaired) electrons. The summed E-state index contributed by atoms with van der Waals surface area (Å²) in [6.45, 7) is 3.17. The van der Waals surface area contributed by atoms with Gasteiger partial charge in [-0.15, -0.1) is 0 Å². The van der Waals surface area contributed by atoms with Crippen molar-refractivity contribution < 1.29 is 14.4 Å². The molecule has 9 nitrogen and oxygen atoms in total. The third-order valence-corrected chi connectivity index (χ3v) is 6.88. The van der Waals surface area contributed by atoms with Crippen LogP contribution in [0.3, 0.4) is 0 Å². The molecule has 0 aromatic carbocycles. The average molecular weight is 415 g/mol. The molecule has 30 heavy (non-hydrogen) atoms. The van der Waals surface area contributed by atoms with Crippen LogP contribution < -0.4 is 16.0 Å². The Hall–Kier alpha value is -2.71. The molecule has 2 heterocycles. The maximum atomic E-state index is 12.6. The first-order chi connectivity index (χ1) is 14.5. The van der Waals surface area contributed by atoms with Crippen LogP contribution in [0.15, 0.2) is 18.5 Å². The van der Waals surface area contributed by atoms with Crippen molar-refractivity contribution in [3.8, 4) is 0 Å². The van der Waals surface area contributed by atoms with Gasteiger partial charge in [0.15, 0.2) is 0 Å². The summed E-state index contributed by atoms with van der Waals surface area (Å²) in [6.07, 6.45) is 7.37. The molecule has 3 N–H and O–H groups in total. The van der Waals surface area contributed by atoms with Crippen LogP contribution in [0.1, 0.15) is 32.1 Å². The lowest BCUT2D eigenvalue weighted by Crippen LogP contribution is -2.49. The van der Waals surface area contributed by atoms with Gasteiger partial charge in [0, 0.05) is 51.5 Å². The van der Waals surface area contributed by atoms with Crippen LogP contribution in [0.2, 0.25) is 0 Å². The lowest BCUT2D eigenvalue weighted by molar-refractivity contribution is -0.135. The molecule has 1 aromatic heterocycles. The number of aromatic nitrogens is 2. The number of hydrogen-bond donors (Lipinski definition) is 2. The first kappa shape index (κ1) is 20.6. The largest absolute Gasteiger partial charge is 0.369 e. The van der Waals surface area contributed by atoms with E-state index in [1.54, 1.807) is 18.5 Å². The highest BCUT2D eigenvalue weighted by atomic mass is 16.2. The Morgan fingerprint density at radius 2 is 1.70 bits per heavy atom. The number of amides is 3. The molecule has 4 atom stereocenters. The summed E-state index contributed by atoms with van der Waals surface area (Å²) in [7, 11) is 0. The third kappa shape index (κ3) is 4.24. The van der Waals surface area contributed by atoms with Gasteiger partial charge in [-0.25, -0.2) is 9.97 Å². The predicted molar refractivity (Wildman–Crippen MR) is 110 cm³/mol. The van der Waals surface area contributed by atoms with Crippen LogP contribution in [0.5, 0.6) is 0 Å². The monoisotopic (exact) mass is 414 g/mol. The summed E-state index contributed by atoms with van der Waals surface area (Å²) in [4.78, 5) is 49.4. The van der Waals surface area contributed by atoms with Crippen LogP contribution in [-0.2, 0) is 14.4 Å². The Bertz CT molecular complexity index is 780.